The van der Waals surface area contributed by atoms with Gasteiger partial charge in [-0.1, -0.05) is 42.5 Å². The molecule has 2 N–H and O–H groups in total. The third-order valence-corrected chi connectivity index (χ3v) is 3.98. The number of amides is 1. The van der Waals surface area contributed by atoms with Gasteiger partial charge in [0.05, 0.1) is 5.69 Å². The molecule has 0 spiro atoms. The molecule has 0 atom stereocenters. The van der Waals surface area contributed by atoms with Gasteiger partial charge in [-0.05, 0) is 43.5 Å². The fourth-order valence-electron chi connectivity index (χ4n) is 2.65. The first-order valence-corrected chi connectivity index (χ1v) is 8.81. The summed E-state index contributed by atoms with van der Waals surface area (Å²) < 4.78 is 13.7. The van der Waals surface area contributed by atoms with Crippen LogP contribution >= 0.6 is 0 Å². The lowest BCUT2D eigenvalue weighted by atomic mass is 10.1. The molecule has 138 valence electrons. The van der Waals surface area contributed by atoms with Gasteiger partial charge < -0.3 is 10.6 Å². The average Bonchev–Trinajstić information content (AvgIpc) is 2.67. The van der Waals surface area contributed by atoms with E-state index < -0.39 is 11.7 Å². The molecular weight excluding hydrogens is 343 g/mol. The molecule has 6 heteroatoms. The molecule has 0 saturated heterocycles. The van der Waals surface area contributed by atoms with Crippen molar-refractivity contribution < 1.29 is 9.18 Å². The molecule has 0 aliphatic heterocycles. The highest BCUT2D eigenvalue weighted by molar-refractivity contribution is 6.03. The fourth-order valence-corrected chi connectivity index (χ4v) is 2.65. The average molecular weight is 364 g/mol. The highest BCUT2D eigenvalue weighted by atomic mass is 19.1. The first-order valence-electron chi connectivity index (χ1n) is 8.81. The molecule has 1 heterocycles. The number of nitrogens with zero attached hydrogens (tertiary/aromatic N) is 2. The normalized spacial score (nSPS) is 10.4. The van der Waals surface area contributed by atoms with Gasteiger partial charge >= 0.3 is 0 Å². The van der Waals surface area contributed by atoms with E-state index in [-0.39, 0.29) is 11.4 Å². The molecule has 3 rings (SSSR count). The van der Waals surface area contributed by atoms with Gasteiger partial charge in [-0.3, -0.25) is 4.79 Å². The molecular formula is C21H21FN4O. The quantitative estimate of drug-likeness (QED) is 0.616. The van der Waals surface area contributed by atoms with Crippen molar-refractivity contribution in [3.05, 3.63) is 83.4 Å². The van der Waals surface area contributed by atoms with Crippen molar-refractivity contribution in [2.75, 3.05) is 17.2 Å². The summed E-state index contributed by atoms with van der Waals surface area (Å²) in [6.45, 7) is 2.48. The second-order valence-corrected chi connectivity index (χ2v) is 6.17. The number of carbonyl (C=O) groups excluding carboxylic acids is 1. The minimum Gasteiger partial charge on any atom is -0.354 e. The molecule has 27 heavy (non-hydrogen) atoms. The van der Waals surface area contributed by atoms with Crippen LogP contribution in [0.5, 0.6) is 0 Å². The molecule has 0 saturated carbocycles. The number of para-hydroxylation sites is 1. The van der Waals surface area contributed by atoms with Crippen molar-refractivity contribution in [2.24, 2.45) is 0 Å². The van der Waals surface area contributed by atoms with Gasteiger partial charge in [-0.2, -0.15) is 0 Å². The van der Waals surface area contributed by atoms with Gasteiger partial charge in [-0.15, -0.1) is 0 Å². The van der Waals surface area contributed by atoms with Gasteiger partial charge in [0.15, 0.2) is 0 Å². The number of anilines is 2. The van der Waals surface area contributed by atoms with Crippen LogP contribution in [-0.2, 0) is 6.42 Å². The topological polar surface area (TPSA) is 66.9 Å². The monoisotopic (exact) mass is 364 g/mol. The number of carbonyl (C=O) groups is 1. The number of aromatic nitrogens is 2. The van der Waals surface area contributed by atoms with E-state index in [2.05, 4.69) is 32.7 Å². The highest BCUT2D eigenvalue weighted by Gasteiger charge is 2.12. The third-order valence-electron chi connectivity index (χ3n) is 3.98. The van der Waals surface area contributed by atoms with Gasteiger partial charge in [0, 0.05) is 12.2 Å². The van der Waals surface area contributed by atoms with E-state index >= 15 is 0 Å². The molecule has 5 nitrogen and oxygen atoms in total. The Hall–Kier alpha value is -3.28. The first-order chi connectivity index (χ1) is 13.1. The largest absolute Gasteiger partial charge is 0.354 e. The number of benzene rings is 2. The second-order valence-electron chi connectivity index (χ2n) is 6.17. The summed E-state index contributed by atoms with van der Waals surface area (Å²) in [6, 6.07) is 17.8. The number of halogens is 1. The summed E-state index contributed by atoms with van der Waals surface area (Å²) in [4.78, 5) is 20.9. The summed E-state index contributed by atoms with van der Waals surface area (Å²) in [5.74, 6) is -0.574. The first kappa shape index (κ1) is 18.5. The Balaban J connectivity index is 1.60. The Labute approximate surface area is 157 Å². The lowest BCUT2D eigenvalue weighted by Crippen LogP contribution is -2.17. The molecule has 1 amide bonds. The standard InChI is InChI=1S/C21H21FN4O/c1-15-14-19(20(27)25-18-12-6-5-11-17(18)22)26-21(24-15)23-13-7-10-16-8-3-2-4-9-16/h2-6,8-9,11-12,14H,7,10,13H2,1H3,(H,25,27)(H,23,24,26). The lowest BCUT2D eigenvalue weighted by Gasteiger charge is -2.09. The van der Waals surface area contributed by atoms with Crippen molar-refractivity contribution >= 4 is 17.5 Å². The molecule has 0 aliphatic carbocycles. The zero-order valence-corrected chi connectivity index (χ0v) is 15.1. The SMILES string of the molecule is Cc1cc(C(=O)Nc2ccccc2F)nc(NCCCc2ccccc2)n1. The predicted octanol–water partition coefficient (Wildman–Crippen LogP) is 4.22. The minimum atomic E-state index is -0.490. The molecule has 0 radical (unpaired) electrons. The van der Waals surface area contributed by atoms with Crippen LogP contribution in [0.2, 0.25) is 0 Å². The smallest absolute Gasteiger partial charge is 0.274 e. The number of hydrogen-bond donors (Lipinski definition) is 2. The van der Waals surface area contributed by atoms with E-state index in [1.807, 2.05) is 18.2 Å². The number of nitrogens with one attached hydrogen (secondary N) is 2. The van der Waals surface area contributed by atoms with Crippen molar-refractivity contribution in [3.63, 3.8) is 0 Å². The van der Waals surface area contributed by atoms with Crippen molar-refractivity contribution in [1.29, 1.82) is 0 Å². The summed E-state index contributed by atoms with van der Waals surface area (Å²) >= 11 is 0. The summed E-state index contributed by atoms with van der Waals surface area (Å²) in [5, 5.41) is 5.69. The molecule has 3 aromatic rings. The van der Waals surface area contributed by atoms with Gasteiger partial charge in [-0.25, -0.2) is 14.4 Å². The van der Waals surface area contributed by atoms with E-state index in [1.165, 1.54) is 17.7 Å². The number of hydrogen-bond acceptors (Lipinski definition) is 4. The molecule has 1 aromatic heterocycles. The van der Waals surface area contributed by atoms with Crippen molar-refractivity contribution in [3.8, 4) is 0 Å². The van der Waals surface area contributed by atoms with Crippen LogP contribution < -0.4 is 10.6 Å². The Kier molecular flexibility index (Phi) is 6.10. The van der Waals surface area contributed by atoms with Gasteiger partial charge in [0.25, 0.3) is 5.91 Å². The van der Waals surface area contributed by atoms with E-state index in [9.17, 15) is 9.18 Å². The highest BCUT2D eigenvalue weighted by Crippen LogP contribution is 2.14. The third kappa shape index (κ3) is 5.34. The van der Waals surface area contributed by atoms with E-state index in [4.69, 9.17) is 0 Å². The van der Waals surface area contributed by atoms with Crippen LogP contribution in [0.4, 0.5) is 16.0 Å². The second kappa shape index (κ2) is 8.89. The lowest BCUT2D eigenvalue weighted by molar-refractivity contribution is 0.102. The molecule has 0 aliphatic rings. The number of aryl methyl sites for hydroxylation is 2. The van der Waals surface area contributed by atoms with E-state index in [0.29, 0.717) is 18.2 Å². The summed E-state index contributed by atoms with van der Waals surface area (Å²) in [7, 11) is 0. The van der Waals surface area contributed by atoms with E-state index in [1.54, 1.807) is 25.1 Å². The van der Waals surface area contributed by atoms with Crippen molar-refractivity contribution in [2.45, 2.75) is 19.8 Å². The summed E-state index contributed by atoms with van der Waals surface area (Å²) in [5.41, 5.74) is 2.25. The Morgan fingerprint density at radius 3 is 2.56 bits per heavy atom. The van der Waals surface area contributed by atoms with Crippen LogP contribution in [0.25, 0.3) is 0 Å². The maximum atomic E-state index is 13.7. The molecule has 2 aromatic carbocycles. The van der Waals surface area contributed by atoms with Crippen LogP contribution in [0.1, 0.15) is 28.2 Å². The van der Waals surface area contributed by atoms with E-state index in [0.717, 1.165) is 12.8 Å². The van der Waals surface area contributed by atoms with Crippen LogP contribution in [0.15, 0.2) is 60.7 Å². The number of rotatable bonds is 7. The zero-order valence-electron chi connectivity index (χ0n) is 15.1. The van der Waals surface area contributed by atoms with Gasteiger partial charge in [0.1, 0.15) is 11.5 Å². The van der Waals surface area contributed by atoms with Gasteiger partial charge in [0.2, 0.25) is 5.95 Å². The molecule has 0 fully saturated rings. The van der Waals surface area contributed by atoms with Crippen LogP contribution in [-0.4, -0.2) is 22.4 Å². The predicted molar refractivity (Wildman–Crippen MR) is 104 cm³/mol. The Morgan fingerprint density at radius 1 is 1.04 bits per heavy atom. The summed E-state index contributed by atoms with van der Waals surface area (Å²) in [6.07, 6.45) is 1.86. The zero-order chi connectivity index (χ0) is 19.1. The molecule has 0 bridgehead atoms. The maximum absolute atomic E-state index is 13.7. The Bertz CT molecular complexity index is 915. The van der Waals surface area contributed by atoms with Crippen LogP contribution in [0, 0.1) is 12.7 Å². The fraction of sp³-hybridized carbons (Fsp3) is 0.190. The van der Waals surface area contributed by atoms with Crippen LogP contribution in [0.3, 0.4) is 0 Å². The Morgan fingerprint density at radius 2 is 1.78 bits per heavy atom. The maximum Gasteiger partial charge on any atom is 0.274 e. The molecule has 0 unspecified atom stereocenters. The van der Waals surface area contributed by atoms with Crippen molar-refractivity contribution in [1.82, 2.24) is 9.97 Å². The minimum absolute atomic E-state index is 0.121.